The highest BCUT2D eigenvalue weighted by Crippen LogP contribution is 2.20. The molecule has 0 aromatic heterocycles. The molecular weight excluding hydrogens is 499 g/mol. The van der Waals surface area contributed by atoms with E-state index in [0.717, 1.165) is 45.1 Å². The van der Waals surface area contributed by atoms with E-state index in [0.29, 0.717) is 12.0 Å². The van der Waals surface area contributed by atoms with Crippen molar-refractivity contribution in [2.24, 2.45) is 10.9 Å². The van der Waals surface area contributed by atoms with Gasteiger partial charge < -0.3 is 25.3 Å². The van der Waals surface area contributed by atoms with E-state index in [1.807, 2.05) is 0 Å². The molecule has 7 heteroatoms. The molecule has 0 saturated carbocycles. The topological polar surface area (TPSA) is 46.1 Å². The summed E-state index contributed by atoms with van der Waals surface area (Å²) in [5.41, 5.74) is 2.64. The first-order valence-electron chi connectivity index (χ1n) is 11.9. The summed E-state index contributed by atoms with van der Waals surface area (Å²) in [6.07, 6.45) is 1.15. The number of rotatable bonds is 8. The van der Waals surface area contributed by atoms with Gasteiger partial charge in [0.25, 0.3) is 0 Å². The molecule has 0 amide bonds. The van der Waals surface area contributed by atoms with E-state index in [1.165, 1.54) is 44.0 Å². The second-order valence-corrected chi connectivity index (χ2v) is 8.97. The van der Waals surface area contributed by atoms with Crippen molar-refractivity contribution in [3.8, 4) is 0 Å². The highest BCUT2D eigenvalue weighted by Gasteiger charge is 2.23. The van der Waals surface area contributed by atoms with Gasteiger partial charge in [-0.1, -0.05) is 31.5 Å². The van der Waals surface area contributed by atoms with Gasteiger partial charge in [0.2, 0.25) is 0 Å². The lowest BCUT2D eigenvalue weighted by atomic mass is 10.1. The van der Waals surface area contributed by atoms with Crippen molar-refractivity contribution in [3.05, 3.63) is 29.8 Å². The smallest absolute Gasteiger partial charge is 0.191 e. The van der Waals surface area contributed by atoms with Crippen LogP contribution in [0.2, 0.25) is 0 Å². The molecule has 2 aliphatic rings. The zero-order valence-corrected chi connectivity index (χ0v) is 22.3. The molecule has 3 rings (SSSR count). The van der Waals surface area contributed by atoms with Crippen molar-refractivity contribution in [3.63, 3.8) is 0 Å². The van der Waals surface area contributed by atoms with Gasteiger partial charge >= 0.3 is 0 Å². The summed E-state index contributed by atoms with van der Waals surface area (Å²) < 4.78 is 0. The summed E-state index contributed by atoms with van der Waals surface area (Å²) in [6.45, 7) is 19.9. The number of aryl methyl sites for hydroxylation is 1. The lowest BCUT2D eigenvalue weighted by Crippen LogP contribution is -2.47. The van der Waals surface area contributed by atoms with Gasteiger partial charge in [0.1, 0.15) is 0 Å². The van der Waals surface area contributed by atoms with E-state index in [2.05, 4.69) is 77.3 Å². The summed E-state index contributed by atoms with van der Waals surface area (Å²) in [6, 6.07) is 9.32. The number of hydrogen-bond acceptors (Lipinski definition) is 4. The van der Waals surface area contributed by atoms with Crippen molar-refractivity contribution in [1.29, 1.82) is 0 Å². The quantitative estimate of drug-likeness (QED) is 0.301. The largest absolute Gasteiger partial charge is 0.369 e. The van der Waals surface area contributed by atoms with Gasteiger partial charge in [0, 0.05) is 70.6 Å². The van der Waals surface area contributed by atoms with Crippen molar-refractivity contribution in [2.45, 2.75) is 40.2 Å². The number of guanidine groups is 1. The first-order valence-corrected chi connectivity index (χ1v) is 11.9. The standard InChI is InChI=1S/C24H42N6.HI/c1-5-25-24(26-17-21(4)18-29-15-13-28(6-2)14-16-29)27-22-11-12-30(19-22)23-9-7-20(3)8-10-23;/h7-10,21-22H,5-6,11-19H2,1-4H3,(H2,25,26,27);1H. The van der Waals surface area contributed by atoms with Crippen LogP contribution in [0.25, 0.3) is 0 Å². The minimum atomic E-state index is 0. The molecule has 2 fully saturated rings. The minimum absolute atomic E-state index is 0. The molecule has 1 aromatic carbocycles. The average molecular weight is 543 g/mol. The Hall–Kier alpha value is -1.06. The third-order valence-electron chi connectivity index (χ3n) is 6.32. The van der Waals surface area contributed by atoms with E-state index < -0.39 is 0 Å². The molecule has 0 spiro atoms. The van der Waals surface area contributed by atoms with Crippen LogP contribution in [0.4, 0.5) is 5.69 Å². The summed E-state index contributed by atoms with van der Waals surface area (Å²) >= 11 is 0. The lowest BCUT2D eigenvalue weighted by molar-refractivity contribution is 0.125. The second kappa shape index (κ2) is 13.5. The van der Waals surface area contributed by atoms with Crippen molar-refractivity contribution in [2.75, 3.05) is 70.3 Å². The monoisotopic (exact) mass is 542 g/mol. The fourth-order valence-electron chi connectivity index (χ4n) is 4.42. The Balaban J connectivity index is 0.00000341. The molecule has 2 heterocycles. The van der Waals surface area contributed by atoms with Gasteiger partial charge in [-0.2, -0.15) is 0 Å². The van der Waals surface area contributed by atoms with Gasteiger partial charge in [0.05, 0.1) is 0 Å². The molecule has 6 nitrogen and oxygen atoms in total. The highest BCUT2D eigenvalue weighted by atomic mass is 127. The minimum Gasteiger partial charge on any atom is -0.369 e. The molecule has 2 aliphatic heterocycles. The van der Waals surface area contributed by atoms with E-state index in [9.17, 15) is 0 Å². The Morgan fingerprint density at radius 3 is 2.39 bits per heavy atom. The van der Waals surface area contributed by atoms with Crippen LogP contribution in [-0.4, -0.2) is 87.2 Å². The maximum atomic E-state index is 4.92. The number of anilines is 1. The number of hydrogen-bond donors (Lipinski definition) is 2. The Bertz CT molecular complexity index is 657. The molecule has 0 bridgehead atoms. The summed E-state index contributed by atoms with van der Waals surface area (Å²) in [4.78, 5) is 12.5. The summed E-state index contributed by atoms with van der Waals surface area (Å²) in [5, 5.41) is 7.12. The fraction of sp³-hybridized carbons (Fsp3) is 0.708. The van der Waals surface area contributed by atoms with Gasteiger partial charge in [-0.15, -0.1) is 24.0 Å². The Kier molecular flexibility index (Phi) is 11.4. The average Bonchev–Trinajstić information content (AvgIpc) is 3.22. The molecule has 31 heavy (non-hydrogen) atoms. The van der Waals surface area contributed by atoms with Crippen LogP contribution >= 0.6 is 24.0 Å². The number of benzene rings is 1. The van der Waals surface area contributed by atoms with Crippen LogP contribution in [-0.2, 0) is 0 Å². The van der Waals surface area contributed by atoms with E-state index in [-0.39, 0.29) is 24.0 Å². The SMILES string of the molecule is CCNC(=NCC(C)CN1CCN(CC)CC1)NC1CCN(c2ccc(C)cc2)C1.I. The first kappa shape index (κ1) is 26.2. The number of nitrogens with zero attached hydrogens (tertiary/aromatic N) is 4. The Morgan fingerprint density at radius 2 is 1.74 bits per heavy atom. The number of piperazine rings is 1. The van der Waals surface area contributed by atoms with Crippen molar-refractivity contribution < 1.29 is 0 Å². The van der Waals surface area contributed by atoms with Crippen LogP contribution in [0.5, 0.6) is 0 Å². The molecular formula is C24H43IN6. The fourth-order valence-corrected chi connectivity index (χ4v) is 4.42. The molecule has 2 unspecified atom stereocenters. The zero-order valence-electron chi connectivity index (χ0n) is 19.9. The maximum Gasteiger partial charge on any atom is 0.191 e. The predicted octanol–water partition coefficient (Wildman–Crippen LogP) is 3.02. The second-order valence-electron chi connectivity index (χ2n) is 8.97. The van der Waals surface area contributed by atoms with Gasteiger partial charge in [-0.25, -0.2) is 0 Å². The number of nitrogens with one attached hydrogen (secondary N) is 2. The molecule has 0 radical (unpaired) electrons. The first-order chi connectivity index (χ1) is 14.6. The van der Waals surface area contributed by atoms with Crippen LogP contribution in [0, 0.1) is 12.8 Å². The van der Waals surface area contributed by atoms with Crippen LogP contribution in [0.1, 0.15) is 32.8 Å². The van der Waals surface area contributed by atoms with Crippen LogP contribution in [0.3, 0.4) is 0 Å². The normalized spacial score (nSPS) is 21.6. The molecule has 2 atom stereocenters. The third-order valence-corrected chi connectivity index (χ3v) is 6.32. The number of likely N-dealkylation sites (N-methyl/N-ethyl adjacent to an activating group) is 1. The number of halogens is 1. The van der Waals surface area contributed by atoms with Gasteiger partial charge in [-0.05, 0) is 44.9 Å². The predicted molar refractivity (Wildman–Crippen MR) is 144 cm³/mol. The molecule has 176 valence electrons. The van der Waals surface area contributed by atoms with Crippen molar-refractivity contribution >= 4 is 35.6 Å². The van der Waals surface area contributed by atoms with Gasteiger partial charge in [-0.3, -0.25) is 4.99 Å². The lowest BCUT2D eigenvalue weighted by Gasteiger charge is -2.35. The Labute approximate surface area is 206 Å². The Morgan fingerprint density at radius 1 is 1.06 bits per heavy atom. The maximum absolute atomic E-state index is 4.92. The van der Waals surface area contributed by atoms with Crippen LogP contribution < -0.4 is 15.5 Å². The third kappa shape index (κ3) is 8.42. The molecule has 2 saturated heterocycles. The van der Waals surface area contributed by atoms with E-state index >= 15 is 0 Å². The van der Waals surface area contributed by atoms with Crippen molar-refractivity contribution in [1.82, 2.24) is 20.4 Å². The van der Waals surface area contributed by atoms with Crippen LogP contribution in [0.15, 0.2) is 29.3 Å². The van der Waals surface area contributed by atoms with Gasteiger partial charge in [0.15, 0.2) is 5.96 Å². The molecule has 1 aromatic rings. The summed E-state index contributed by atoms with van der Waals surface area (Å²) in [5.74, 6) is 1.54. The molecule has 2 N–H and O–H groups in total. The zero-order chi connectivity index (χ0) is 21.3. The number of aliphatic imine (C=N–C) groups is 1. The van der Waals surface area contributed by atoms with E-state index in [1.54, 1.807) is 0 Å². The summed E-state index contributed by atoms with van der Waals surface area (Å²) in [7, 11) is 0. The van der Waals surface area contributed by atoms with E-state index in [4.69, 9.17) is 4.99 Å². The highest BCUT2D eigenvalue weighted by molar-refractivity contribution is 14.0. The molecule has 0 aliphatic carbocycles.